The van der Waals surface area contributed by atoms with Crippen molar-refractivity contribution in [1.29, 1.82) is 0 Å². The second-order valence-electron chi connectivity index (χ2n) is 16.6. The second-order valence-corrected chi connectivity index (χ2v) is 16.6. The summed E-state index contributed by atoms with van der Waals surface area (Å²) in [6, 6.07) is 78.1. The third-order valence-electron chi connectivity index (χ3n) is 14.0. The summed E-state index contributed by atoms with van der Waals surface area (Å²) in [7, 11) is 0. The zero-order chi connectivity index (χ0) is 38.4. The molecule has 0 saturated carbocycles. The fraction of sp³-hybridized carbons (Fsp3) is 0.0169. The predicted molar refractivity (Wildman–Crippen MR) is 248 cm³/mol. The van der Waals surface area contributed by atoms with Crippen LogP contribution in [0.1, 0.15) is 22.3 Å². The lowest BCUT2D eigenvalue weighted by atomic mass is 9.68. The first-order chi connectivity index (χ1) is 29.3. The van der Waals surface area contributed by atoms with Gasteiger partial charge in [0.15, 0.2) is 0 Å². The molecule has 14 rings (SSSR count). The Bertz CT molecular complexity index is 3600. The summed E-state index contributed by atoms with van der Waals surface area (Å²) in [4.78, 5) is 0. The molecule has 0 heterocycles. The molecule has 0 amide bonds. The van der Waals surface area contributed by atoms with Crippen LogP contribution in [0.2, 0.25) is 0 Å². The minimum absolute atomic E-state index is 0.525. The second kappa shape index (κ2) is 11.3. The highest BCUT2D eigenvalue weighted by molar-refractivity contribution is 6.25. The molecule has 3 aliphatic rings. The summed E-state index contributed by atoms with van der Waals surface area (Å²) in [5, 5.41) is 10.5. The largest absolute Gasteiger partial charge is 0.0732 e. The maximum absolute atomic E-state index is 2.61. The van der Waals surface area contributed by atoms with E-state index in [0.717, 1.165) is 0 Å². The lowest BCUT2D eigenvalue weighted by Gasteiger charge is -2.32. The minimum atomic E-state index is -0.525. The normalized spacial score (nSPS) is 13.6. The van der Waals surface area contributed by atoms with E-state index in [2.05, 4.69) is 206 Å². The Morgan fingerprint density at radius 3 is 1.27 bits per heavy atom. The topological polar surface area (TPSA) is 0 Å². The van der Waals surface area contributed by atoms with Gasteiger partial charge in [0.25, 0.3) is 0 Å². The van der Waals surface area contributed by atoms with Gasteiger partial charge in [0, 0.05) is 0 Å². The van der Waals surface area contributed by atoms with Gasteiger partial charge >= 0.3 is 0 Å². The van der Waals surface area contributed by atoms with Crippen molar-refractivity contribution in [3.05, 3.63) is 229 Å². The van der Waals surface area contributed by atoms with E-state index in [0.29, 0.717) is 0 Å². The smallest absolute Gasteiger partial charge is 0.0619 e. The Kier molecular flexibility index (Phi) is 6.05. The van der Waals surface area contributed by atoms with Gasteiger partial charge in [-0.1, -0.05) is 200 Å². The molecule has 0 N–H and O–H groups in total. The lowest BCUT2D eigenvalue weighted by Crippen LogP contribution is -2.26. The van der Waals surface area contributed by atoms with Crippen LogP contribution in [0.25, 0.3) is 110 Å². The van der Waals surface area contributed by atoms with E-state index in [1.165, 1.54) is 132 Å². The summed E-state index contributed by atoms with van der Waals surface area (Å²) < 4.78 is 0. The SMILES string of the molecule is c1ccc(-c2ccc3c4c(cccc24)-c2ccccc2-3)c(-c2cc3c(c4ccccc24)-c2c(c4ccccc4c4ccccc24)C32c3ccccc3-c3ccccc32)c1. The van der Waals surface area contributed by atoms with Gasteiger partial charge in [-0.25, -0.2) is 0 Å². The molecule has 0 unspecified atom stereocenters. The number of fused-ring (bicyclic) bond motifs is 20. The summed E-state index contributed by atoms with van der Waals surface area (Å²) in [6.45, 7) is 0. The van der Waals surface area contributed by atoms with Crippen LogP contribution in [0, 0.1) is 0 Å². The zero-order valence-corrected chi connectivity index (χ0v) is 32.1. The van der Waals surface area contributed by atoms with Crippen molar-refractivity contribution in [3.63, 3.8) is 0 Å². The number of hydrogen-bond donors (Lipinski definition) is 0. The lowest BCUT2D eigenvalue weighted by molar-refractivity contribution is 0.803. The van der Waals surface area contributed by atoms with E-state index in [4.69, 9.17) is 0 Å². The van der Waals surface area contributed by atoms with Crippen molar-refractivity contribution in [2.45, 2.75) is 5.41 Å². The van der Waals surface area contributed by atoms with Crippen LogP contribution in [0.3, 0.4) is 0 Å². The highest BCUT2D eigenvalue weighted by Gasteiger charge is 2.53. The van der Waals surface area contributed by atoms with E-state index in [1.54, 1.807) is 0 Å². The molecule has 1 spiro atoms. The molecule has 0 atom stereocenters. The van der Waals surface area contributed by atoms with Crippen molar-refractivity contribution < 1.29 is 0 Å². The zero-order valence-electron chi connectivity index (χ0n) is 32.1. The molecule has 270 valence electrons. The van der Waals surface area contributed by atoms with Crippen LogP contribution in [0.5, 0.6) is 0 Å². The monoisotopic (exact) mass is 742 g/mol. The van der Waals surface area contributed by atoms with Crippen molar-refractivity contribution in [1.82, 2.24) is 0 Å². The summed E-state index contributed by atoms with van der Waals surface area (Å²) in [6.07, 6.45) is 0. The van der Waals surface area contributed by atoms with Gasteiger partial charge in [-0.3, -0.25) is 0 Å². The Labute approximate surface area is 342 Å². The molecule has 59 heavy (non-hydrogen) atoms. The highest BCUT2D eigenvalue weighted by Crippen LogP contribution is 2.67. The first kappa shape index (κ1) is 31.5. The van der Waals surface area contributed by atoms with Gasteiger partial charge in [0.1, 0.15) is 0 Å². The van der Waals surface area contributed by atoms with E-state index < -0.39 is 5.41 Å². The third kappa shape index (κ3) is 3.81. The van der Waals surface area contributed by atoms with E-state index in [-0.39, 0.29) is 0 Å². The molecule has 11 aromatic rings. The molecule has 0 fully saturated rings. The summed E-state index contributed by atoms with van der Waals surface area (Å²) >= 11 is 0. The van der Waals surface area contributed by atoms with Gasteiger partial charge in [-0.05, 0) is 138 Å². The van der Waals surface area contributed by atoms with Gasteiger partial charge in [-0.2, -0.15) is 0 Å². The molecule has 0 radical (unpaired) electrons. The van der Waals surface area contributed by atoms with Crippen molar-refractivity contribution in [3.8, 4) is 66.8 Å². The Morgan fingerprint density at radius 1 is 0.220 bits per heavy atom. The minimum Gasteiger partial charge on any atom is -0.0619 e. The van der Waals surface area contributed by atoms with Crippen molar-refractivity contribution in [2.24, 2.45) is 0 Å². The molecular weight excluding hydrogens is 709 g/mol. The van der Waals surface area contributed by atoms with Crippen LogP contribution < -0.4 is 0 Å². The summed E-state index contributed by atoms with van der Waals surface area (Å²) in [5.41, 5.74) is 20.7. The molecule has 0 aliphatic heterocycles. The number of benzene rings is 11. The standard InChI is InChI=1S/C59H34/c1-4-21-40(35(16-1)42-32-33-49-37-18-3-2-17-36(37)45-28-15-29-46(42)55(45)49)51-34-54-56(47-25-8-6-22-41(47)51)57-48-26-9-5-19-38(48)39-20-7-10-27-50(39)58(57)59(54)52-30-13-11-23-43(52)44-24-12-14-31-53(44)59/h1-34H. The average molecular weight is 743 g/mol. The van der Waals surface area contributed by atoms with Gasteiger partial charge in [-0.15, -0.1) is 0 Å². The van der Waals surface area contributed by atoms with Gasteiger partial charge < -0.3 is 0 Å². The Hall–Kier alpha value is -7.54. The average Bonchev–Trinajstić information content (AvgIpc) is 3.92. The van der Waals surface area contributed by atoms with Crippen molar-refractivity contribution >= 4 is 43.1 Å². The van der Waals surface area contributed by atoms with Gasteiger partial charge in [0.05, 0.1) is 5.41 Å². The first-order valence-corrected chi connectivity index (χ1v) is 20.8. The van der Waals surface area contributed by atoms with Crippen LogP contribution >= 0.6 is 0 Å². The fourth-order valence-corrected chi connectivity index (χ4v) is 11.9. The predicted octanol–water partition coefficient (Wildman–Crippen LogP) is 15.6. The number of hydrogen-bond acceptors (Lipinski definition) is 0. The van der Waals surface area contributed by atoms with Crippen LogP contribution in [0.4, 0.5) is 0 Å². The van der Waals surface area contributed by atoms with Gasteiger partial charge in [0.2, 0.25) is 0 Å². The molecule has 0 nitrogen and oxygen atoms in total. The van der Waals surface area contributed by atoms with E-state index in [1.807, 2.05) is 0 Å². The van der Waals surface area contributed by atoms with E-state index >= 15 is 0 Å². The first-order valence-electron chi connectivity index (χ1n) is 20.8. The highest BCUT2D eigenvalue weighted by atomic mass is 14.5. The Balaban J connectivity index is 1.15. The third-order valence-corrected chi connectivity index (χ3v) is 14.0. The molecule has 0 bridgehead atoms. The maximum Gasteiger partial charge on any atom is 0.0732 e. The van der Waals surface area contributed by atoms with Crippen LogP contribution in [0.15, 0.2) is 206 Å². The summed E-state index contributed by atoms with van der Waals surface area (Å²) in [5.74, 6) is 0. The molecular formula is C59H34. The molecule has 0 saturated heterocycles. The quantitative estimate of drug-likeness (QED) is 0.155. The van der Waals surface area contributed by atoms with Crippen LogP contribution in [-0.4, -0.2) is 0 Å². The Morgan fingerprint density at radius 2 is 0.627 bits per heavy atom. The molecule has 0 heteroatoms. The maximum atomic E-state index is 2.61. The number of rotatable bonds is 2. The van der Waals surface area contributed by atoms with E-state index in [9.17, 15) is 0 Å². The van der Waals surface area contributed by atoms with Crippen molar-refractivity contribution in [2.75, 3.05) is 0 Å². The molecule has 0 aromatic heterocycles. The molecule has 11 aromatic carbocycles. The molecule has 3 aliphatic carbocycles. The fourth-order valence-electron chi connectivity index (χ4n) is 11.9. The van der Waals surface area contributed by atoms with Crippen LogP contribution in [-0.2, 0) is 5.41 Å².